The number of nitrogens with one attached hydrogen (secondary N) is 1. The van der Waals surface area contributed by atoms with Gasteiger partial charge in [0, 0.05) is 16.1 Å². The summed E-state index contributed by atoms with van der Waals surface area (Å²) in [5.41, 5.74) is 2.05. The summed E-state index contributed by atoms with van der Waals surface area (Å²) in [6.45, 7) is 1.84. The number of anilines is 1. The molecule has 0 saturated heterocycles. The minimum Gasteiger partial charge on any atom is -0.321 e. The molecule has 1 amide bonds. The molecule has 0 aliphatic rings. The van der Waals surface area contributed by atoms with Crippen LogP contribution in [-0.4, -0.2) is 25.7 Å². The molecule has 25 heavy (non-hydrogen) atoms. The molecule has 0 fully saturated rings. The van der Waals surface area contributed by atoms with Gasteiger partial charge >= 0.3 is 0 Å². The number of hydrogen-bond donors (Lipinski definition) is 1. The Morgan fingerprint density at radius 2 is 1.88 bits per heavy atom. The third kappa shape index (κ3) is 2.99. The summed E-state index contributed by atoms with van der Waals surface area (Å²) in [7, 11) is 0. The molecule has 0 spiro atoms. The van der Waals surface area contributed by atoms with Crippen LogP contribution in [0.15, 0.2) is 48.5 Å². The van der Waals surface area contributed by atoms with Crippen LogP contribution in [0.5, 0.6) is 0 Å². The summed E-state index contributed by atoms with van der Waals surface area (Å²) in [4.78, 5) is 13.2. The highest BCUT2D eigenvalue weighted by Gasteiger charge is 2.15. The first-order valence-corrected chi connectivity index (χ1v) is 8.66. The summed E-state index contributed by atoms with van der Waals surface area (Å²) in [5, 5.41) is 16.9. The van der Waals surface area contributed by atoms with Gasteiger partial charge in [0.1, 0.15) is 5.01 Å². The lowest BCUT2D eigenvalue weighted by Crippen LogP contribution is -2.12. The third-order valence-corrected chi connectivity index (χ3v) is 4.84. The number of benzene rings is 2. The monoisotopic (exact) mass is 369 g/mol. The number of fused-ring (bicyclic) bond motifs is 1. The second kappa shape index (κ2) is 6.27. The summed E-state index contributed by atoms with van der Waals surface area (Å²) >= 11 is 7.29. The Morgan fingerprint density at radius 1 is 1.12 bits per heavy atom. The van der Waals surface area contributed by atoms with Crippen molar-refractivity contribution in [2.24, 2.45) is 0 Å². The van der Waals surface area contributed by atoms with Crippen molar-refractivity contribution >= 4 is 39.5 Å². The Kier molecular flexibility index (Phi) is 3.95. The minimum atomic E-state index is -0.205. The van der Waals surface area contributed by atoms with E-state index in [9.17, 15) is 4.79 Å². The fourth-order valence-corrected chi connectivity index (χ4v) is 3.45. The minimum absolute atomic E-state index is 0.205. The largest absolute Gasteiger partial charge is 0.321 e. The lowest BCUT2D eigenvalue weighted by atomic mass is 10.1. The Bertz CT molecular complexity index is 1070. The molecule has 4 aromatic rings. The maximum absolute atomic E-state index is 12.5. The molecule has 8 heteroatoms. The van der Waals surface area contributed by atoms with Crippen LogP contribution in [0.1, 0.15) is 16.2 Å². The number of hydrogen-bond acceptors (Lipinski definition) is 5. The molecule has 0 saturated carbocycles. The van der Waals surface area contributed by atoms with Crippen molar-refractivity contribution in [1.29, 1.82) is 0 Å². The van der Waals surface area contributed by atoms with E-state index in [1.54, 1.807) is 28.8 Å². The number of aryl methyl sites for hydroxylation is 1. The normalized spacial score (nSPS) is 11.0. The van der Waals surface area contributed by atoms with E-state index in [1.165, 1.54) is 11.3 Å². The van der Waals surface area contributed by atoms with Crippen molar-refractivity contribution < 1.29 is 4.79 Å². The molecule has 0 atom stereocenters. The first kappa shape index (κ1) is 15.7. The number of rotatable bonds is 3. The maximum Gasteiger partial charge on any atom is 0.255 e. The van der Waals surface area contributed by atoms with Gasteiger partial charge in [-0.15, -0.1) is 10.2 Å². The van der Waals surface area contributed by atoms with Gasteiger partial charge in [-0.2, -0.15) is 9.61 Å². The van der Waals surface area contributed by atoms with Crippen molar-refractivity contribution in [3.05, 3.63) is 64.9 Å². The van der Waals surface area contributed by atoms with Crippen molar-refractivity contribution in [3.8, 4) is 10.6 Å². The number of carbonyl (C=O) groups is 1. The van der Waals surface area contributed by atoms with E-state index in [-0.39, 0.29) is 5.91 Å². The van der Waals surface area contributed by atoms with Gasteiger partial charge in [-0.05, 0) is 43.3 Å². The van der Waals surface area contributed by atoms with Crippen LogP contribution in [0, 0.1) is 6.92 Å². The van der Waals surface area contributed by atoms with E-state index in [1.807, 2.05) is 31.2 Å². The number of nitrogens with zero attached hydrogens (tertiary/aromatic N) is 4. The molecule has 0 radical (unpaired) electrons. The fourth-order valence-electron chi connectivity index (χ4n) is 2.40. The number of halogens is 1. The summed E-state index contributed by atoms with van der Waals surface area (Å²) in [6.07, 6.45) is 0. The summed E-state index contributed by atoms with van der Waals surface area (Å²) in [6, 6.07) is 14.3. The topological polar surface area (TPSA) is 72.2 Å². The molecular formula is C17H12ClN5OS. The third-order valence-electron chi connectivity index (χ3n) is 3.66. The zero-order chi connectivity index (χ0) is 17.4. The standard InChI is InChI=1S/C17H12ClN5OS/c1-10-20-21-17-23(10)22-16(25-17)13-4-2-3-5-14(13)19-15(24)11-6-8-12(18)9-7-11/h2-9H,1H3,(H,19,24). The first-order chi connectivity index (χ1) is 12.1. The average molecular weight is 370 g/mol. The molecular weight excluding hydrogens is 358 g/mol. The molecule has 4 rings (SSSR count). The van der Waals surface area contributed by atoms with Crippen molar-refractivity contribution in [1.82, 2.24) is 19.8 Å². The molecule has 2 aromatic carbocycles. The van der Waals surface area contributed by atoms with Gasteiger partial charge in [-0.3, -0.25) is 4.79 Å². The van der Waals surface area contributed by atoms with Crippen LogP contribution in [0.2, 0.25) is 5.02 Å². The zero-order valence-corrected chi connectivity index (χ0v) is 14.7. The molecule has 124 valence electrons. The van der Waals surface area contributed by atoms with E-state index < -0.39 is 0 Å². The molecule has 0 aliphatic heterocycles. The lowest BCUT2D eigenvalue weighted by Gasteiger charge is -2.09. The average Bonchev–Trinajstić information content (AvgIpc) is 3.18. The van der Waals surface area contributed by atoms with Gasteiger partial charge < -0.3 is 5.32 Å². The predicted octanol–water partition coefficient (Wildman–Crippen LogP) is 4.07. The van der Waals surface area contributed by atoms with Crippen LogP contribution in [0.4, 0.5) is 5.69 Å². The molecule has 1 N–H and O–H groups in total. The van der Waals surface area contributed by atoms with Gasteiger partial charge in [0.2, 0.25) is 4.96 Å². The fraction of sp³-hybridized carbons (Fsp3) is 0.0588. The Labute approximate surface area is 152 Å². The summed E-state index contributed by atoms with van der Waals surface area (Å²) in [5.74, 6) is 0.517. The van der Waals surface area contributed by atoms with Crippen LogP contribution in [0.25, 0.3) is 15.5 Å². The quantitative estimate of drug-likeness (QED) is 0.591. The van der Waals surface area contributed by atoms with Gasteiger partial charge in [0.15, 0.2) is 5.82 Å². The highest BCUT2D eigenvalue weighted by atomic mass is 35.5. The Balaban J connectivity index is 1.69. The van der Waals surface area contributed by atoms with E-state index in [0.717, 1.165) is 16.4 Å². The van der Waals surface area contributed by atoms with Crippen molar-refractivity contribution in [2.45, 2.75) is 6.92 Å². The van der Waals surface area contributed by atoms with Gasteiger partial charge in [-0.25, -0.2) is 0 Å². The smallest absolute Gasteiger partial charge is 0.255 e. The molecule has 2 aromatic heterocycles. The molecule has 6 nitrogen and oxygen atoms in total. The van der Waals surface area contributed by atoms with Crippen molar-refractivity contribution in [3.63, 3.8) is 0 Å². The lowest BCUT2D eigenvalue weighted by molar-refractivity contribution is 0.102. The van der Waals surface area contributed by atoms with Crippen LogP contribution >= 0.6 is 22.9 Å². The number of aromatic nitrogens is 4. The molecule has 0 aliphatic carbocycles. The van der Waals surface area contributed by atoms with Crippen LogP contribution in [0.3, 0.4) is 0 Å². The number of amides is 1. The zero-order valence-electron chi connectivity index (χ0n) is 13.1. The Hall–Kier alpha value is -2.77. The first-order valence-electron chi connectivity index (χ1n) is 7.47. The van der Waals surface area contributed by atoms with E-state index in [2.05, 4.69) is 20.6 Å². The summed E-state index contributed by atoms with van der Waals surface area (Å²) < 4.78 is 1.69. The highest BCUT2D eigenvalue weighted by molar-refractivity contribution is 7.19. The van der Waals surface area contributed by atoms with E-state index in [4.69, 9.17) is 11.6 Å². The van der Waals surface area contributed by atoms with Crippen molar-refractivity contribution in [2.75, 3.05) is 5.32 Å². The van der Waals surface area contributed by atoms with E-state index in [0.29, 0.717) is 21.2 Å². The van der Waals surface area contributed by atoms with Crippen LogP contribution in [-0.2, 0) is 0 Å². The Morgan fingerprint density at radius 3 is 2.64 bits per heavy atom. The SMILES string of the molecule is Cc1nnc2sc(-c3ccccc3NC(=O)c3ccc(Cl)cc3)nn12. The van der Waals surface area contributed by atoms with Gasteiger partial charge in [0.25, 0.3) is 5.91 Å². The van der Waals surface area contributed by atoms with E-state index >= 15 is 0 Å². The molecule has 0 bridgehead atoms. The predicted molar refractivity (Wildman–Crippen MR) is 98.2 cm³/mol. The number of carbonyl (C=O) groups excluding carboxylic acids is 1. The van der Waals surface area contributed by atoms with Gasteiger partial charge in [0.05, 0.1) is 5.69 Å². The number of para-hydroxylation sites is 1. The molecule has 2 heterocycles. The highest BCUT2D eigenvalue weighted by Crippen LogP contribution is 2.31. The second-order valence-corrected chi connectivity index (χ2v) is 6.75. The molecule has 0 unspecified atom stereocenters. The second-order valence-electron chi connectivity index (χ2n) is 5.36. The maximum atomic E-state index is 12.5. The van der Waals surface area contributed by atoms with Gasteiger partial charge in [-0.1, -0.05) is 35.1 Å². The van der Waals surface area contributed by atoms with Crippen LogP contribution < -0.4 is 5.32 Å².